The zero-order chi connectivity index (χ0) is 9.71. The fraction of sp³-hybridized carbons (Fsp3) is 0.100. The lowest BCUT2D eigenvalue weighted by molar-refractivity contribution is 1.14. The van der Waals surface area contributed by atoms with Gasteiger partial charge in [0.2, 0.25) is 5.78 Å². The third-order valence-electron chi connectivity index (χ3n) is 2.48. The first kappa shape index (κ1) is 7.44. The van der Waals surface area contributed by atoms with E-state index in [9.17, 15) is 0 Å². The fourth-order valence-electron chi connectivity index (χ4n) is 1.72. The molecule has 3 heterocycles. The topological polar surface area (TPSA) is 47.7 Å². The van der Waals surface area contributed by atoms with Crippen molar-refractivity contribution in [3.63, 3.8) is 0 Å². The third kappa shape index (κ3) is 0.750. The second-order valence-electron chi connectivity index (χ2n) is 3.38. The van der Waals surface area contributed by atoms with Gasteiger partial charge < -0.3 is 5.73 Å². The molecule has 0 saturated carbocycles. The molecule has 0 spiro atoms. The van der Waals surface area contributed by atoms with Crippen LogP contribution in [0.15, 0.2) is 30.6 Å². The third-order valence-corrected chi connectivity index (χ3v) is 2.48. The second-order valence-corrected chi connectivity index (χ2v) is 3.38. The van der Waals surface area contributed by atoms with Crippen LogP contribution in [0.25, 0.3) is 11.3 Å². The van der Waals surface area contributed by atoms with E-state index in [1.165, 1.54) is 0 Å². The van der Waals surface area contributed by atoms with Crippen molar-refractivity contribution in [2.75, 3.05) is 5.73 Å². The molecule has 2 N–H and O–H groups in total. The molecule has 3 rings (SSSR count). The minimum atomic E-state index is 0.712. The van der Waals surface area contributed by atoms with Crippen molar-refractivity contribution in [2.24, 2.45) is 0 Å². The van der Waals surface area contributed by atoms with Crippen molar-refractivity contribution in [3.05, 3.63) is 36.3 Å². The number of rotatable bonds is 0. The number of fused-ring (bicyclic) bond motifs is 3. The quantitative estimate of drug-likeness (QED) is 0.578. The molecule has 0 atom stereocenters. The standard InChI is InChI=1S/C10H10N4/c1-7-9(11)14-6-8-4-2-3-5-13(8)10(14)12-7/h2-6H,11H2,1H3. The van der Waals surface area contributed by atoms with Crippen molar-refractivity contribution in [2.45, 2.75) is 6.92 Å². The number of nitrogen functional groups attached to an aromatic ring is 1. The summed E-state index contributed by atoms with van der Waals surface area (Å²) in [6.45, 7) is 1.91. The molecular weight excluding hydrogens is 176 g/mol. The molecule has 3 aromatic heterocycles. The molecule has 0 radical (unpaired) electrons. The van der Waals surface area contributed by atoms with Crippen LogP contribution >= 0.6 is 0 Å². The first-order valence-corrected chi connectivity index (χ1v) is 4.47. The van der Waals surface area contributed by atoms with E-state index < -0.39 is 0 Å². The van der Waals surface area contributed by atoms with Crippen LogP contribution in [0.3, 0.4) is 0 Å². The molecule has 0 aliphatic rings. The monoisotopic (exact) mass is 186 g/mol. The average molecular weight is 186 g/mol. The lowest BCUT2D eigenvalue weighted by Crippen LogP contribution is -1.90. The zero-order valence-electron chi connectivity index (χ0n) is 7.81. The molecule has 0 aliphatic carbocycles. The van der Waals surface area contributed by atoms with Gasteiger partial charge in [0.15, 0.2) is 0 Å². The highest BCUT2D eigenvalue weighted by Crippen LogP contribution is 2.17. The SMILES string of the molecule is Cc1nc2n(cc3ccccn32)c1N. The maximum absolute atomic E-state index is 5.89. The molecule has 0 fully saturated rings. The van der Waals surface area contributed by atoms with Crippen LogP contribution in [0.1, 0.15) is 5.69 Å². The molecule has 3 aromatic rings. The summed E-state index contributed by atoms with van der Waals surface area (Å²) in [4.78, 5) is 4.40. The average Bonchev–Trinajstić information content (AvgIpc) is 2.67. The van der Waals surface area contributed by atoms with E-state index in [1.54, 1.807) is 0 Å². The van der Waals surface area contributed by atoms with E-state index in [0.717, 1.165) is 17.0 Å². The maximum Gasteiger partial charge on any atom is 0.220 e. The second kappa shape index (κ2) is 2.29. The fourth-order valence-corrected chi connectivity index (χ4v) is 1.72. The van der Waals surface area contributed by atoms with Crippen LogP contribution in [0.4, 0.5) is 5.82 Å². The summed E-state index contributed by atoms with van der Waals surface area (Å²) < 4.78 is 3.92. The smallest absolute Gasteiger partial charge is 0.220 e. The van der Waals surface area contributed by atoms with Gasteiger partial charge in [-0.2, -0.15) is 0 Å². The van der Waals surface area contributed by atoms with Gasteiger partial charge in [-0.25, -0.2) is 4.98 Å². The van der Waals surface area contributed by atoms with Crippen molar-refractivity contribution >= 4 is 17.1 Å². The summed E-state index contributed by atoms with van der Waals surface area (Å²) in [5.74, 6) is 1.58. The molecule has 0 unspecified atom stereocenters. The summed E-state index contributed by atoms with van der Waals surface area (Å²) in [6.07, 6.45) is 3.97. The molecule has 0 aromatic carbocycles. The van der Waals surface area contributed by atoms with Crippen LogP contribution < -0.4 is 5.73 Å². The molecule has 14 heavy (non-hydrogen) atoms. The minimum absolute atomic E-state index is 0.712. The summed E-state index contributed by atoms with van der Waals surface area (Å²) in [5.41, 5.74) is 7.86. The lowest BCUT2D eigenvalue weighted by Gasteiger charge is -1.90. The highest BCUT2D eigenvalue weighted by atomic mass is 15.2. The van der Waals surface area contributed by atoms with E-state index in [4.69, 9.17) is 5.73 Å². The highest BCUT2D eigenvalue weighted by molar-refractivity contribution is 5.60. The Bertz CT molecular complexity index is 617. The van der Waals surface area contributed by atoms with Gasteiger partial charge in [0, 0.05) is 12.4 Å². The van der Waals surface area contributed by atoms with Crippen LogP contribution in [0, 0.1) is 6.92 Å². The predicted molar refractivity (Wildman–Crippen MR) is 55.3 cm³/mol. The van der Waals surface area contributed by atoms with Crippen LogP contribution in [-0.4, -0.2) is 13.8 Å². The van der Waals surface area contributed by atoms with Crippen LogP contribution in [-0.2, 0) is 0 Å². The number of nitrogens with zero attached hydrogens (tertiary/aromatic N) is 3. The molecule has 0 aliphatic heterocycles. The zero-order valence-corrected chi connectivity index (χ0v) is 7.81. The molecule has 0 amide bonds. The molecule has 0 saturated heterocycles. The van der Waals surface area contributed by atoms with E-state index in [-0.39, 0.29) is 0 Å². The summed E-state index contributed by atoms with van der Waals surface area (Å²) in [6, 6.07) is 6.01. The first-order valence-electron chi connectivity index (χ1n) is 4.47. The number of hydrogen-bond acceptors (Lipinski definition) is 2. The molecule has 70 valence electrons. The van der Waals surface area contributed by atoms with E-state index in [1.807, 2.05) is 46.3 Å². The number of aryl methyl sites for hydroxylation is 1. The van der Waals surface area contributed by atoms with Crippen LogP contribution in [0.5, 0.6) is 0 Å². The molecule has 4 nitrogen and oxygen atoms in total. The number of pyridine rings is 1. The Hall–Kier alpha value is -1.97. The van der Waals surface area contributed by atoms with Gasteiger partial charge in [-0.05, 0) is 19.1 Å². The Labute approximate surface area is 80.6 Å². The van der Waals surface area contributed by atoms with Gasteiger partial charge in [0.25, 0.3) is 0 Å². The predicted octanol–water partition coefficient (Wildman–Crippen LogP) is 1.48. The Morgan fingerprint density at radius 2 is 2.14 bits per heavy atom. The number of aromatic nitrogens is 3. The van der Waals surface area contributed by atoms with E-state index >= 15 is 0 Å². The van der Waals surface area contributed by atoms with Crippen molar-refractivity contribution < 1.29 is 0 Å². The number of hydrogen-bond donors (Lipinski definition) is 1. The van der Waals surface area contributed by atoms with Gasteiger partial charge in [-0.3, -0.25) is 8.80 Å². The van der Waals surface area contributed by atoms with Crippen molar-refractivity contribution in [1.82, 2.24) is 13.8 Å². The Morgan fingerprint density at radius 3 is 3.00 bits per heavy atom. The number of imidazole rings is 2. The maximum atomic E-state index is 5.89. The van der Waals surface area contributed by atoms with E-state index in [0.29, 0.717) is 5.82 Å². The largest absolute Gasteiger partial charge is 0.383 e. The lowest BCUT2D eigenvalue weighted by atomic mass is 10.4. The molecule has 0 bridgehead atoms. The summed E-state index contributed by atoms with van der Waals surface area (Å²) >= 11 is 0. The molecule has 4 heteroatoms. The van der Waals surface area contributed by atoms with E-state index in [2.05, 4.69) is 4.98 Å². The minimum Gasteiger partial charge on any atom is -0.383 e. The first-order chi connectivity index (χ1) is 6.77. The summed E-state index contributed by atoms with van der Waals surface area (Å²) in [5, 5.41) is 0. The van der Waals surface area contributed by atoms with Gasteiger partial charge in [0.05, 0.1) is 11.2 Å². The molecular formula is C10H10N4. The summed E-state index contributed by atoms with van der Waals surface area (Å²) in [7, 11) is 0. The van der Waals surface area contributed by atoms with Crippen molar-refractivity contribution in [3.8, 4) is 0 Å². The number of anilines is 1. The van der Waals surface area contributed by atoms with Crippen molar-refractivity contribution in [1.29, 1.82) is 0 Å². The Balaban J connectivity index is 2.60. The van der Waals surface area contributed by atoms with Gasteiger partial charge in [0.1, 0.15) is 5.82 Å². The highest BCUT2D eigenvalue weighted by Gasteiger charge is 2.08. The van der Waals surface area contributed by atoms with Crippen LogP contribution in [0.2, 0.25) is 0 Å². The Kier molecular flexibility index (Phi) is 1.21. The number of nitrogens with two attached hydrogens (primary N) is 1. The Morgan fingerprint density at radius 1 is 1.29 bits per heavy atom. The van der Waals surface area contributed by atoms with Gasteiger partial charge in [-0.1, -0.05) is 6.07 Å². The van der Waals surface area contributed by atoms with Gasteiger partial charge >= 0.3 is 0 Å². The van der Waals surface area contributed by atoms with Gasteiger partial charge in [-0.15, -0.1) is 0 Å². The normalized spacial score (nSPS) is 11.5.